The van der Waals surface area contributed by atoms with Gasteiger partial charge in [-0.15, -0.1) is 0 Å². The molecule has 1 aliphatic rings. The Bertz CT molecular complexity index is 376. The van der Waals surface area contributed by atoms with E-state index in [9.17, 15) is 0 Å². The van der Waals surface area contributed by atoms with Gasteiger partial charge in [0.05, 0.1) is 0 Å². The van der Waals surface area contributed by atoms with Crippen LogP contribution in [0.3, 0.4) is 0 Å². The van der Waals surface area contributed by atoms with E-state index < -0.39 is 0 Å². The molecule has 1 saturated heterocycles. The van der Waals surface area contributed by atoms with Crippen molar-refractivity contribution in [2.45, 2.75) is 57.9 Å². The molecule has 1 N–H and O–H groups in total. The highest BCUT2D eigenvalue weighted by atomic mass is 15.1. The fourth-order valence-corrected chi connectivity index (χ4v) is 3.39. The molecule has 1 aliphatic heterocycles. The zero-order valence-electron chi connectivity index (χ0n) is 13.9. The van der Waals surface area contributed by atoms with E-state index in [1.165, 1.54) is 57.3 Å². The van der Waals surface area contributed by atoms with E-state index in [1.807, 2.05) is 0 Å². The molecule has 0 radical (unpaired) electrons. The average Bonchev–Trinajstić information content (AvgIpc) is 3.00. The monoisotopic (exact) mass is 288 g/mol. The zero-order valence-corrected chi connectivity index (χ0v) is 13.9. The van der Waals surface area contributed by atoms with Gasteiger partial charge in [-0.2, -0.15) is 0 Å². The van der Waals surface area contributed by atoms with Crippen molar-refractivity contribution in [3.63, 3.8) is 0 Å². The van der Waals surface area contributed by atoms with Crippen molar-refractivity contribution < 1.29 is 0 Å². The summed E-state index contributed by atoms with van der Waals surface area (Å²) in [5.74, 6) is 0.756. The van der Waals surface area contributed by atoms with Gasteiger partial charge >= 0.3 is 0 Å². The second kappa shape index (κ2) is 9.22. The molecule has 1 aromatic carbocycles. The molecule has 0 bridgehead atoms. The molecule has 0 saturated carbocycles. The number of hydrogen-bond acceptors (Lipinski definition) is 2. The molecule has 0 spiro atoms. The second-order valence-electron chi connectivity index (χ2n) is 6.40. The molecule has 2 atom stereocenters. The number of nitrogens with zero attached hydrogens (tertiary/aromatic N) is 1. The van der Waals surface area contributed by atoms with Crippen molar-refractivity contribution in [1.29, 1.82) is 0 Å². The first-order valence-corrected chi connectivity index (χ1v) is 8.84. The van der Waals surface area contributed by atoms with Crippen LogP contribution < -0.4 is 5.32 Å². The smallest absolute Gasteiger partial charge is 0.00649 e. The first-order valence-electron chi connectivity index (χ1n) is 8.84. The lowest BCUT2D eigenvalue weighted by atomic mass is 9.99. The summed E-state index contributed by atoms with van der Waals surface area (Å²) >= 11 is 0. The summed E-state index contributed by atoms with van der Waals surface area (Å²) in [6.07, 6.45) is 6.48. The molecule has 118 valence electrons. The Morgan fingerprint density at radius 3 is 2.76 bits per heavy atom. The van der Waals surface area contributed by atoms with Crippen molar-refractivity contribution >= 4 is 0 Å². The maximum Gasteiger partial charge on any atom is 0.00649 e. The van der Waals surface area contributed by atoms with Gasteiger partial charge in [0, 0.05) is 12.6 Å². The van der Waals surface area contributed by atoms with Crippen LogP contribution in [-0.2, 0) is 0 Å². The van der Waals surface area contributed by atoms with E-state index in [0.29, 0.717) is 0 Å². The van der Waals surface area contributed by atoms with Crippen LogP contribution in [0.4, 0.5) is 0 Å². The zero-order chi connectivity index (χ0) is 14.9. The molecule has 1 heterocycles. The Kier molecular flexibility index (Phi) is 7.25. The van der Waals surface area contributed by atoms with Gasteiger partial charge in [-0.25, -0.2) is 0 Å². The van der Waals surface area contributed by atoms with Crippen LogP contribution in [0.2, 0.25) is 0 Å². The summed E-state index contributed by atoms with van der Waals surface area (Å²) in [5.41, 5.74) is 1.52. The van der Waals surface area contributed by atoms with Crippen molar-refractivity contribution in [2.24, 2.45) is 0 Å². The van der Waals surface area contributed by atoms with E-state index >= 15 is 0 Å². The summed E-state index contributed by atoms with van der Waals surface area (Å²) in [5, 5.41) is 3.66. The number of hydrogen-bond donors (Lipinski definition) is 1. The molecule has 0 aliphatic carbocycles. The van der Waals surface area contributed by atoms with E-state index in [2.05, 4.69) is 54.4 Å². The molecular weight excluding hydrogens is 256 g/mol. The summed E-state index contributed by atoms with van der Waals surface area (Å²) < 4.78 is 0. The van der Waals surface area contributed by atoms with Gasteiger partial charge in [0.15, 0.2) is 0 Å². The van der Waals surface area contributed by atoms with Crippen LogP contribution in [0.15, 0.2) is 30.3 Å². The minimum absolute atomic E-state index is 0.720. The topological polar surface area (TPSA) is 15.3 Å². The molecule has 1 aromatic rings. The first-order chi connectivity index (χ1) is 10.3. The summed E-state index contributed by atoms with van der Waals surface area (Å²) in [7, 11) is 0. The molecule has 2 unspecified atom stereocenters. The maximum absolute atomic E-state index is 3.66. The van der Waals surface area contributed by atoms with Crippen LogP contribution in [0.1, 0.15) is 57.4 Å². The third kappa shape index (κ3) is 5.44. The molecule has 0 amide bonds. The second-order valence-corrected chi connectivity index (χ2v) is 6.40. The lowest BCUT2D eigenvalue weighted by Crippen LogP contribution is -2.30. The van der Waals surface area contributed by atoms with Crippen LogP contribution in [-0.4, -0.2) is 37.1 Å². The predicted octanol–water partition coefficient (Wildman–Crippen LogP) is 4.03. The Hall–Kier alpha value is -0.860. The maximum atomic E-state index is 3.66. The van der Waals surface area contributed by atoms with Crippen LogP contribution in [0, 0.1) is 0 Å². The fraction of sp³-hybridized carbons (Fsp3) is 0.684. The van der Waals surface area contributed by atoms with Gasteiger partial charge in [-0.05, 0) is 63.2 Å². The molecule has 1 fully saturated rings. The van der Waals surface area contributed by atoms with Crippen LogP contribution in [0.25, 0.3) is 0 Å². The van der Waals surface area contributed by atoms with E-state index in [0.717, 1.165) is 18.5 Å². The van der Waals surface area contributed by atoms with E-state index in [1.54, 1.807) is 0 Å². The lowest BCUT2D eigenvalue weighted by Gasteiger charge is -2.20. The SMILES string of the molecule is CCCNC(CC)CCCN1CCC(c2ccccc2)C1. The van der Waals surface area contributed by atoms with Crippen LogP contribution in [0.5, 0.6) is 0 Å². The number of rotatable bonds is 9. The molecule has 21 heavy (non-hydrogen) atoms. The number of likely N-dealkylation sites (tertiary alicyclic amines) is 1. The Balaban J connectivity index is 1.66. The first kappa shape index (κ1) is 16.5. The van der Waals surface area contributed by atoms with Crippen molar-refractivity contribution in [2.75, 3.05) is 26.2 Å². The molecule has 0 aromatic heterocycles. The normalized spacial score (nSPS) is 20.8. The molecule has 2 nitrogen and oxygen atoms in total. The van der Waals surface area contributed by atoms with Gasteiger partial charge in [0.2, 0.25) is 0 Å². The van der Waals surface area contributed by atoms with Crippen molar-refractivity contribution in [1.82, 2.24) is 10.2 Å². The van der Waals surface area contributed by atoms with Crippen molar-refractivity contribution in [3.8, 4) is 0 Å². The summed E-state index contributed by atoms with van der Waals surface area (Å²) in [6, 6.07) is 11.8. The minimum atomic E-state index is 0.720. The van der Waals surface area contributed by atoms with Gasteiger partial charge in [0.1, 0.15) is 0 Å². The average molecular weight is 288 g/mol. The summed E-state index contributed by atoms with van der Waals surface area (Å²) in [6.45, 7) is 9.51. The third-order valence-electron chi connectivity index (χ3n) is 4.75. The highest BCUT2D eigenvalue weighted by molar-refractivity contribution is 5.20. The van der Waals surface area contributed by atoms with Gasteiger partial charge < -0.3 is 10.2 Å². The highest BCUT2D eigenvalue weighted by Gasteiger charge is 2.23. The molecular formula is C19H32N2. The van der Waals surface area contributed by atoms with Crippen LogP contribution >= 0.6 is 0 Å². The van der Waals surface area contributed by atoms with E-state index in [-0.39, 0.29) is 0 Å². The number of nitrogens with one attached hydrogen (secondary N) is 1. The van der Waals surface area contributed by atoms with Gasteiger partial charge in [-0.3, -0.25) is 0 Å². The highest BCUT2D eigenvalue weighted by Crippen LogP contribution is 2.27. The third-order valence-corrected chi connectivity index (χ3v) is 4.75. The Morgan fingerprint density at radius 1 is 1.24 bits per heavy atom. The predicted molar refractivity (Wildman–Crippen MR) is 91.8 cm³/mol. The quantitative estimate of drug-likeness (QED) is 0.738. The fourth-order valence-electron chi connectivity index (χ4n) is 3.39. The number of benzene rings is 1. The Morgan fingerprint density at radius 2 is 2.05 bits per heavy atom. The standard InChI is InChI=1S/C19H32N2/c1-3-13-20-19(4-2)11-8-14-21-15-12-18(16-21)17-9-6-5-7-10-17/h5-7,9-10,18-20H,3-4,8,11-16H2,1-2H3. The summed E-state index contributed by atoms with van der Waals surface area (Å²) in [4.78, 5) is 2.66. The van der Waals surface area contributed by atoms with Crippen molar-refractivity contribution in [3.05, 3.63) is 35.9 Å². The van der Waals surface area contributed by atoms with Gasteiger partial charge in [0.25, 0.3) is 0 Å². The van der Waals surface area contributed by atoms with Gasteiger partial charge in [-0.1, -0.05) is 44.2 Å². The Labute approximate surface area is 130 Å². The lowest BCUT2D eigenvalue weighted by molar-refractivity contribution is 0.313. The molecule has 2 heteroatoms. The largest absolute Gasteiger partial charge is 0.314 e. The van der Waals surface area contributed by atoms with E-state index in [4.69, 9.17) is 0 Å². The minimum Gasteiger partial charge on any atom is -0.314 e. The molecule has 2 rings (SSSR count).